The summed E-state index contributed by atoms with van der Waals surface area (Å²) in [4.78, 5) is 0. The van der Waals surface area contributed by atoms with Crippen LogP contribution >= 0.6 is 0 Å². The summed E-state index contributed by atoms with van der Waals surface area (Å²) in [7, 11) is 0. The van der Waals surface area contributed by atoms with Gasteiger partial charge in [-0.15, -0.1) is 0 Å². The second-order valence-electron chi connectivity index (χ2n) is 7.55. The fraction of sp³-hybridized carbons (Fsp3) is 1.00. The number of rotatable bonds is 2. The quantitative estimate of drug-likeness (QED) is 0.674. The van der Waals surface area contributed by atoms with Gasteiger partial charge in [-0.2, -0.15) is 0 Å². The van der Waals surface area contributed by atoms with E-state index in [2.05, 4.69) is 24.5 Å². The van der Waals surface area contributed by atoms with Crippen molar-refractivity contribution in [2.45, 2.75) is 105 Å². The lowest BCUT2D eigenvalue weighted by Crippen LogP contribution is -2.43. The molecule has 0 bridgehead atoms. The van der Waals surface area contributed by atoms with Crippen LogP contribution in [0.1, 0.15) is 86.5 Å². The van der Waals surface area contributed by atoms with Gasteiger partial charge in [0, 0.05) is 31.8 Å². The number of ether oxygens (including phenoxy) is 1. The van der Waals surface area contributed by atoms with E-state index in [1.807, 2.05) is 27.7 Å². The Morgan fingerprint density at radius 1 is 0.808 bits per heavy atom. The van der Waals surface area contributed by atoms with Gasteiger partial charge in [-0.25, -0.2) is 0 Å². The van der Waals surface area contributed by atoms with Crippen LogP contribution in [-0.2, 0) is 4.74 Å². The Hall–Kier alpha value is -0.160. The molecule has 26 heavy (non-hydrogen) atoms. The number of aliphatic hydroxyl groups is 1. The summed E-state index contributed by atoms with van der Waals surface area (Å²) in [5.74, 6) is 1.46. The van der Waals surface area contributed by atoms with E-state index >= 15 is 0 Å². The Morgan fingerprint density at radius 3 is 1.81 bits per heavy atom. The van der Waals surface area contributed by atoms with Crippen molar-refractivity contribution in [1.29, 1.82) is 0 Å². The van der Waals surface area contributed by atoms with Crippen LogP contribution < -0.4 is 10.6 Å². The van der Waals surface area contributed by atoms with Gasteiger partial charge in [0.1, 0.15) is 0 Å². The third kappa shape index (κ3) is 11.5. The maximum atomic E-state index is 9.12. The standard InChI is InChI=1S/C12H23NO.C6H13NO.2C2H6/c1-10-2-4-11(5-3-10)13-12-6-8-14-9-7-12;1-5-2-3-7-4-6(5)8;2*1-2/h10-13H,2-9H2,1H3;5-8H,2-4H2,1H3;2*1-2H3. The maximum Gasteiger partial charge on any atom is 0.0690 e. The normalized spacial score (nSPS) is 32.0. The first kappa shape index (κ1) is 25.8. The Bertz CT molecular complexity index is 278. The monoisotopic (exact) mass is 372 g/mol. The summed E-state index contributed by atoms with van der Waals surface area (Å²) in [6.07, 6.45) is 9.04. The Kier molecular flexibility index (Phi) is 16.9. The number of aliphatic hydroxyl groups excluding tert-OH is 1. The molecule has 3 rings (SSSR count). The average molecular weight is 373 g/mol. The molecule has 4 heteroatoms. The fourth-order valence-electron chi connectivity index (χ4n) is 3.60. The van der Waals surface area contributed by atoms with Crippen molar-refractivity contribution in [3.63, 3.8) is 0 Å². The first-order valence-electron chi connectivity index (χ1n) is 11.4. The van der Waals surface area contributed by atoms with Gasteiger partial charge in [0.05, 0.1) is 6.10 Å². The van der Waals surface area contributed by atoms with Gasteiger partial charge in [-0.05, 0) is 63.3 Å². The van der Waals surface area contributed by atoms with Crippen LogP contribution in [0.15, 0.2) is 0 Å². The summed E-state index contributed by atoms with van der Waals surface area (Å²) in [6, 6.07) is 1.54. The van der Waals surface area contributed by atoms with Crippen LogP contribution in [0.3, 0.4) is 0 Å². The molecule has 0 aromatic carbocycles. The highest BCUT2D eigenvalue weighted by atomic mass is 16.5. The van der Waals surface area contributed by atoms with Gasteiger partial charge in [0.25, 0.3) is 0 Å². The minimum Gasteiger partial charge on any atom is -0.392 e. The topological polar surface area (TPSA) is 53.5 Å². The minimum atomic E-state index is -0.108. The van der Waals surface area contributed by atoms with E-state index in [9.17, 15) is 0 Å². The van der Waals surface area contributed by atoms with Gasteiger partial charge in [-0.1, -0.05) is 41.5 Å². The third-order valence-electron chi connectivity index (χ3n) is 5.50. The molecule has 0 spiro atoms. The Labute approximate surface area is 163 Å². The lowest BCUT2D eigenvalue weighted by Gasteiger charge is -2.32. The van der Waals surface area contributed by atoms with Crippen LogP contribution in [-0.4, -0.2) is 49.6 Å². The molecule has 3 aliphatic rings. The van der Waals surface area contributed by atoms with E-state index in [4.69, 9.17) is 9.84 Å². The fourth-order valence-corrected chi connectivity index (χ4v) is 3.60. The average Bonchev–Trinajstić information content (AvgIpc) is 2.70. The molecular formula is C22H48N2O2. The van der Waals surface area contributed by atoms with E-state index in [-0.39, 0.29) is 6.10 Å². The van der Waals surface area contributed by atoms with E-state index < -0.39 is 0 Å². The highest BCUT2D eigenvalue weighted by Gasteiger charge is 2.22. The first-order chi connectivity index (χ1) is 12.6. The van der Waals surface area contributed by atoms with Gasteiger partial charge < -0.3 is 20.5 Å². The molecule has 0 aromatic heterocycles. The number of nitrogens with one attached hydrogen (secondary N) is 2. The molecule has 1 aliphatic carbocycles. The molecule has 2 heterocycles. The van der Waals surface area contributed by atoms with Crippen molar-refractivity contribution in [3.8, 4) is 0 Å². The molecule has 2 aliphatic heterocycles. The SMILES string of the molecule is CC.CC.CC1CCC(NC2CCOCC2)CC1.CC1CCNCC1O. The molecule has 2 saturated heterocycles. The van der Waals surface area contributed by atoms with Crippen molar-refractivity contribution in [3.05, 3.63) is 0 Å². The predicted octanol–water partition coefficient (Wildman–Crippen LogP) is 4.36. The van der Waals surface area contributed by atoms with Crippen molar-refractivity contribution in [2.24, 2.45) is 11.8 Å². The minimum absolute atomic E-state index is 0.108. The molecular weight excluding hydrogens is 324 g/mol. The van der Waals surface area contributed by atoms with Gasteiger partial charge in [0.2, 0.25) is 0 Å². The summed E-state index contributed by atoms with van der Waals surface area (Å²) >= 11 is 0. The largest absolute Gasteiger partial charge is 0.392 e. The number of hydrogen-bond donors (Lipinski definition) is 3. The zero-order chi connectivity index (χ0) is 19.8. The van der Waals surface area contributed by atoms with Crippen LogP contribution in [0, 0.1) is 11.8 Å². The van der Waals surface area contributed by atoms with Crippen molar-refractivity contribution in [2.75, 3.05) is 26.3 Å². The third-order valence-corrected chi connectivity index (χ3v) is 5.50. The van der Waals surface area contributed by atoms with Crippen molar-refractivity contribution < 1.29 is 9.84 Å². The number of piperidine rings is 1. The van der Waals surface area contributed by atoms with E-state index in [1.165, 1.54) is 38.5 Å². The van der Waals surface area contributed by atoms with Gasteiger partial charge in [0.15, 0.2) is 0 Å². The Morgan fingerprint density at radius 2 is 1.35 bits per heavy atom. The Balaban J connectivity index is 0.000000444. The van der Waals surface area contributed by atoms with Gasteiger partial charge in [-0.3, -0.25) is 0 Å². The molecule has 3 fully saturated rings. The summed E-state index contributed by atoms with van der Waals surface area (Å²) in [6.45, 7) is 16.2. The van der Waals surface area contributed by atoms with E-state index in [0.717, 1.165) is 50.7 Å². The van der Waals surface area contributed by atoms with E-state index in [1.54, 1.807) is 0 Å². The summed E-state index contributed by atoms with van der Waals surface area (Å²) < 4.78 is 5.37. The highest BCUT2D eigenvalue weighted by Crippen LogP contribution is 2.24. The summed E-state index contributed by atoms with van der Waals surface area (Å²) in [5, 5.41) is 16.0. The number of β-amino-alcohol motifs (C(OH)–C–C–N with tert-alkyl or cyclic N) is 1. The second kappa shape index (κ2) is 17.0. The zero-order valence-corrected chi connectivity index (χ0v) is 18.5. The molecule has 1 saturated carbocycles. The number of hydrogen-bond acceptors (Lipinski definition) is 4. The van der Waals surface area contributed by atoms with E-state index in [0.29, 0.717) is 5.92 Å². The first-order valence-corrected chi connectivity index (χ1v) is 11.4. The second-order valence-corrected chi connectivity index (χ2v) is 7.55. The lowest BCUT2D eigenvalue weighted by atomic mass is 9.87. The molecule has 158 valence electrons. The smallest absolute Gasteiger partial charge is 0.0690 e. The molecule has 2 unspecified atom stereocenters. The molecule has 3 N–H and O–H groups in total. The highest BCUT2D eigenvalue weighted by molar-refractivity contribution is 4.80. The zero-order valence-electron chi connectivity index (χ0n) is 18.5. The molecule has 4 nitrogen and oxygen atoms in total. The van der Waals surface area contributed by atoms with Crippen LogP contribution in [0.4, 0.5) is 0 Å². The van der Waals surface area contributed by atoms with Gasteiger partial charge >= 0.3 is 0 Å². The molecule has 0 aromatic rings. The van der Waals surface area contributed by atoms with Crippen LogP contribution in [0.25, 0.3) is 0 Å². The summed E-state index contributed by atoms with van der Waals surface area (Å²) in [5.41, 5.74) is 0. The van der Waals surface area contributed by atoms with Crippen LogP contribution in [0.5, 0.6) is 0 Å². The van der Waals surface area contributed by atoms with Crippen molar-refractivity contribution in [1.82, 2.24) is 10.6 Å². The van der Waals surface area contributed by atoms with Crippen LogP contribution in [0.2, 0.25) is 0 Å². The molecule has 2 atom stereocenters. The molecule has 0 amide bonds. The molecule has 0 radical (unpaired) electrons. The lowest BCUT2D eigenvalue weighted by molar-refractivity contribution is 0.0724. The predicted molar refractivity (Wildman–Crippen MR) is 114 cm³/mol. The van der Waals surface area contributed by atoms with Crippen molar-refractivity contribution >= 4 is 0 Å². The maximum absolute atomic E-state index is 9.12.